The Labute approximate surface area is 164 Å². The predicted molar refractivity (Wildman–Crippen MR) is 116 cm³/mol. The number of benzene rings is 4. The van der Waals surface area contributed by atoms with Crippen LogP contribution in [0, 0.1) is 0 Å². The smallest absolute Gasteiger partial charge is 0.145 e. The lowest BCUT2D eigenvalue weighted by atomic mass is 10.1. The number of rotatable bonds is 0. The first kappa shape index (κ1) is 15.6. The fourth-order valence-electron chi connectivity index (χ4n) is 3.58. The highest BCUT2D eigenvalue weighted by Crippen LogP contribution is 2.63. The van der Waals surface area contributed by atoms with Crippen molar-refractivity contribution in [2.24, 2.45) is 0 Å². The van der Waals surface area contributed by atoms with E-state index >= 15 is 0 Å². The van der Waals surface area contributed by atoms with Crippen molar-refractivity contribution in [1.29, 1.82) is 0 Å². The summed E-state index contributed by atoms with van der Waals surface area (Å²) in [4.78, 5) is 0. The van der Waals surface area contributed by atoms with Crippen LogP contribution in [0.25, 0.3) is 37.1 Å². The van der Waals surface area contributed by atoms with Gasteiger partial charge in [-0.3, -0.25) is 0 Å². The van der Waals surface area contributed by atoms with E-state index in [9.17, 15) is 0 Å². The highest BCUT2D eigenvalue weighted by molar-refractivity contribution is 8.00. The van der Waals surface area contributed by atoms with E-state index in [0.717, 1.165) is 32.5 Å². The summed E-state index contributed by atoms with van der Waals surface area (Å²) in [7, 11) is 1.87. The van der Waals surface area contributed by atoms with Crippen LogP contribution in [0.2, 0.25) is 5.02 Å². The molecular weight excluding hydrogens is 395 g/mol. The second-order valence-electron chi connectivity index (χ2n) is 6.42. The Morgan fingerprint density at radius 1 is 0.815 bits per heavy atom. The minimum atomic E-state index is -0.753. The van der Waals surface area contributed by atoms with E-state index in [1.54, 1.807) is 0 Å². The zero-order chi connectivity index (χ0) is 18.0. The van der Waals surface area contributed by atoms with Crippen molar-refractivity contribution in [1.82, 2.24) is 0 Å². The second-order valence-corrected chi connectivity index (χ2v) is 10.6. The summed E-state index contributed by atoms with van der Waals surface area (Å²) in [6.45, 7) is -0.753. The number of fused-ring (bicyclic) bond motifs is 5. The van der Waals surface area contributed by atoms with Crippen molar-refractivity contribution >= 4 is 61.0 Å². The summed E-state index contributed by atoms with van der Waals surface area (Å²) in [5.74, 6) is 1.71. The molecule has 1 aliphatic rings. The Bertz CT molecular complexity index is 1420. The van der Waals surface area contributed by atoms with Crippen LogP contribution in [-0.4, -0.2) is 0 Å². The maximum absolute atomic E-state index is 6.38. The number of hydrogen-bond acceptors (Lipinski definition) is 3. The van der Waals surface area contributed by atoms with Gasteiger partial charge >= 0.3 is 0 Å². The average Bonchev–Trinajstić information content (AvgIpc) is 2.84. The van der Waals surface area contributed by atoms with Gasteiger partial charge in [-0.2, -0.15) is 0 Å². The third kappa shape index (κ3) is 2.33. The molecule has 0 radical (unpaired) electrons. The van der Waals surface area contributed by atoms with Gasteiger partial charge in [-0.1, -0.05) is 54.1 Å². The molecule has 1 unspecified atom stereocenters. The first-order chi connectivity index (χ1) is 13.3. The van der Waals surface area contributed by atoms with E-state index in [1.165, 1.54) is 16.1 Å². The summed E-state index contributed by atoms with van der Waals surface area (Å²) in [6.07, 6.45) is 0. The van der Waals surface area contributed by atoms with Gasteiger partial charge < -0.3 is 9.15 Å². The van der Waals surface area contributed by atoms with E-state index in [0.29, 0.717) is 5.02 Å². The van der Waals surface area contributed by atoms with Crippen LogP contribution >= 0.6 is 29.3 Å². The second kappa shape index (κ2) is 5.77. The molecule has 27 heavy (non-hydrogen) atoms. The molecule has 2 heterocycles. The molecule has 0 aliphatic carbocycles. The van der Waals surface area contributed by atoms with Crippen LogP contribution in [0.5, 0.6) is 11.5 Å². The van der Waals surface area contributed by atoms with Crippen molar-refractivity contribution < 1.29 is 9.15 Å². The Morgan fingerprint density at radius 2 is 1.67 bits per heavy atom. The van der Waals surface area contributed by atoms with Gasteiger partial charge in [-0.15, -0.1) is 10.9 Å². The quantitative estimate of drug-likeness (QED) is 0.252. The van der Waals surface area contributed by atoms with Gasteiger partial charge in [0.25, 0.3) is 0 Å². The summed E-state index contributed by atoms with van der Waals surface area (Å²) in [5.41, 5.74) is 1.66. The molecule has 6 rings (SSSR count). The van der Waals surface area contributed by atoms with Gasteiger partial charge in [-0.05, 0) is 35.7 Å². The van der Waals surface area contributed by atoms with Gasteiger partial charge in [-0.25, -0.2) is 0 Å². The standard InChI is InChI=1S/C22H12ClO2PS/c23-14-11-18-22-19(12-14)25-17-10-9-13-5-1-2-6-15(13)21(17)26(22)27-20-8-4-3-7-16(20)24-18/h1-12H. The number of ether oxygens (including phenoxy) is 1. The molecule has 5 heteroatoms. The molecule has 2 nitrogen and oxygen atoms in total. The van der Waals surface area contributed by atoms with Crippen LogP contribution in [0.3, 0.4) is 0 Å². The summed E-state index contributed by atoms with van der Waals surface area (Å²) in [6, 6.07) is 24.7. The third-order valence-electron chi connectivity index (χ3n) is 4.75. The molecule has 0 spiro atoms. The molecule has 130 valence electrons. The molecule has 1 aromatic heterocycles. The van der Waals surface area contributed by atoms with Crippen molar-refractivity contribution in [2.75, 3.05) is 0 Å². The minimum Gasteiger partial charge on any atom is -0.455 e. The molecule has 0 fully saturated rings. The maximum atomic E-state index is 6.38. The average molecular weight is 407 g/mol. The summed E-state index contributed by atoms with van der Waals surface area (Å²) < 4.78 is 13.7. The van der Waals surface area contributed by atoms with E-state index in [4.69, 9.17) is 20.8 Å². The first-order valence-electron chi connectivity index (χ1n) is 8.56. The monoisotopic (exact) mass is 406 g/mol. The molecular formula is C22H12ClO2PS. The van der Waals surface area contributed by atoms with E-state index in [-0.39, 0.29) is 0 Å². The maximum Gasteiger partial charge on any atom is 0.145 e. The topological polar surface area (TPSA) is 22.4 Å². The van der Waals surface area contributed by atoms with Crippen molar-refractivity contribution in [3.8, 4) is 16.8 Å². The molecule has 5 aromatic rings. The van der Waals surface area contributed by atoms with E-state index in [2.05, 4.69) is 48.5 Å². The SMILES string of the molecule is Clc1cc2c3c(c1)oc1ccccc1sp3-c1c(ccc3ccccc13)O2. The number of halogens is 1. The molecule has 0 N–H and O–H groups in total. The lowest BCUT2D eigenvalue weighted by molar-refractivity contribution is 0.490. The lowest BCUT2D eigenvalue weighted by Gasteiger charge is -2.20. The molecule has 0 bridgehead atoms. The molecule has 0 saturated heterocycles. The number of para-hydroxylation sites is 1. The predicted octanol–water partition coefficient (Wildman–Crippen LogP) is 8.66. The van der Waals surface area contributed by atoms with Crippen molar-refractivity contribution in [3.63, 3.8) is 0 Å². The van der Waals surface area contributed by atoms with E-state index in [1.807, 2.05) is 35.2 Å². The third-order valence-corrected chi connectivity index (χ3v) is 9.64. The van der Waals surface area contributed by atoms with Crippen molar-refractivity contribution in [3.05, 3.63) is 77.8 Å². The molecule has 4 aromatic carbocycles. The zero-order valence-corrected chi connectivity index (χ0v) is 16.4. The zero-order valence-electron chi connectivity index (χ0n) is 14.0. The van der Waals surface area contributed by atoms with Gasteiger partial charge in [0.15, 0.2) is 0 Å². The van der Waals surface area contributed by atoms with Crippen LogP contribution < -0.4 is 4.74 Å². The van der Waals surface area contributed by atoms with Crippen LogP contribution in [-0.2, 0) is 0 Å². The highest BCUT2D eigenvalue weighted by Gasteiger charge is 2.24. The van der Waals surface area contributed by atoms with Crippen molar-refractivity contribution in [2.45, 2.75) is 0 Å². The van der Waals surface area contributed by atoms with Crippen LogP contribution in [0.4, 0.5) is 0 Å². The van der Waals surface area contributed by atoms with Gasteiger partial charge in [0, 0.05) is 17.2 Å². The Morgan fingerprint density at radius 3 is 2.63 bits per heavy atom. The van der Waals surface area contributed by atoms with E-state index < -0.39 is 6.71 Å². The fourth-order valence-corrected chi connectivity index (χ4v) is 8.78. The molecule has 1 aliphatic heterocycles. The normalized spacial score (nSPS) is 12.9. The Kier molecular flexibility index (Phi) is 3.33. The van der Waals surface area contributed by atoms with Crippen LogP contribution in [0.1, 0.15) is 0 Å². The molecule has 1 atom stereocenters. The fraction of sp³-hybridized carbons (Fsp3) is 0. The highest BCUT2D eigenvalue weighted by atomic mass is 35.5. The number of hydrogen-bond donors (Lipinski definition) is 0. The summed E-state index contributed by atoms with van der Waals surface area (Å²) in [5, 5.41) is 5.44. The van der Waals surface area contributed by atoms with Crippen LogP contribution in [0.15, 0.2) is 77.2 Å². The van der Waals surface area contributed by atoms with Gasteiger partial charge in [0.2, 0.25) is 0 Å². The first-order valence-corrected chi connectivity index (χ1v) is 11.7. The summed E-state index contributed by atoms with van der Waals surface area (Å²) >= 11 is 6.38. The Hall–Kier alpha value is -2.45. The molecule has 0 saturated carbocycles. The van der Waals surface area contributed by atoms with Gasteiger partial charge in [0.05, 0.1) is 15.1 Å². The largest absolute Gasteiger partial charge is 0.455 e. The minimum absolute atomic E-state index is 0.618. The van der Waals surface area contributed by atoms with Gasteiger partial charge in [0.1, 0.15) is 22.7 Å². The lowest BCUT2D eigenvalue weighted by Crippen LogP contribution is -1.92. The Balaban J connectivity index is 1.91. The molecule has 0 amide bonds.